The van der Waals surface area contributed by atoms with E-state index >= 15 is 0 Å². The van der Waals surface area contributed by atoms with Crippen molar-refractivity contribution in [2.75, 3.05) is 13.3 Å². The molecule has 5 heteroatoms. The van der Waals surface area contributed by atoms with Gasteiger partial charge < -0.3 is 15.2 Å². The number of fused-ring (bicyclic) bond motifs is 1. The van der Waals surface area contributed by atoms with Crippen molar-refractivity contribution in [1.82, 2.24) is 9.97 Å². The molecule has 2 aromatic rings. The van der Waals surface area contributed by atoms with E-state index in [4.69, 9.17) is 15.2 Å². The number of hydrogen-bond acceptors (Lipinski definition) is 5. The van der Waals surface area contributed by atoms with Crippen molar-refractivity contribution in [3.8, 4) is 11.5 Å². The standard InChI is InChI=1S/C14H15N3O2/c1-9-4-13-14(19-8-18-13)5-10(9)11(6-15)12-7-16-2-3-17-12/h2-5,7,11H,6,8,15H2,1H3. The van der Waals surface area contributed by atoms with Crippen LogP contribution in [0.3, 0.4) is 0 Å². The van der Waals surface area contributed by atoms with Crippen molar-refractivity contribution in [3.05, 3.63) is 47.5 Å². The maximum absolute atomic E-state index is 5.91. The van der Waals surface area contributed by atoms with Crippen LogP contribution in [0.2, 0.25) is 0 Å². The van der Waals surface area contributed by atoms with Crippen LogP contribution < -0.4 is 15.2 Å². The normalized spacial score (nSPS) is 14.4. The van der Waals surface area contributed by atoms with Crippen LogP contribution >= 0.6 is 0 Å². The van der Waals surface area contributed by atoms with Crippen molar-refractivity contribution in [2.45, 2.75) is 12.8 Å². The molecule has 0 spiro atoms. The number of nitrogens with zero attached hydrogens (tertiary/aromatic N) is 2. The molecule has 5 nitrogen and oxygen atoms in total. The molecule has 0 saturated carbocycles. The third-order valence-electron chi connectivity index (χ3n) is 3.31. The SMILES string of the molecule is Cc1cc2c(cc1C(CN)c1cnccn1)OCO2. The highest BCUT2D eigenvalue weighted by atomic mass is 16.7. The molecule has 1 aromatic heterocycles. The van der Waals surface area contributed by atoms with Crippen LogP contribution in [0, 0.1) is 6.92 Å². The number of aromatic nitrogens is 2. The van der Waals surface area contributed by atoms with Gasteiger partial charge in [0.05, 0.1) is 5.69 Å². The van der Waals surface area contributed by atoms with Crippen LogP contribution in [0.25, 0.3) is 0 Å². The van der Waals surface area contributed by atoms with Gasteiger partial charge in [-0.3, -0.25) is 9.97 Å². The Morgan fingerprint density at radius 2 is 2.05 bits per heavy atom. The minimum Gasteiger partial charge on any atom is -0.454 e. The summed E-state index contributed by atoms with van der Waals surface area (Å²) in [5, 5.41) is 0. The van der Waals surface area contributed by atoms with Crippen LogP contribution in [0.15, 0.2) is 30.7 Å². The molecule has 1 aromatic carbocycles. The molecule has 0 radical (unpaired) electrons. The zero-order valence-electron chi connectivity index (χ0n) is 10.7. The summed E-state index contributed by atoms with van der Waals surface area (Å²) in [5.41, 5.74) is 9.00. The lowest BCUT2D eigenvalue weighted by atomic mass is 9.92. The number of ether oxygens (including phenoxy) is 2. The molecule has 1 aliphatic heterocycles. The van der Waals surface area contributed by atoms with Gasteiger partial charge >= 0.3 is 0 Å². The average molecular weight is 257 g/mol. The zero-order chi connectivity index (χ0) is 13.2. The van der Waals surface area contributed by atoms with Crippen LogP contribution in [0.1, 0.15) is 22.7 Å². The van der Waals surface area contributed by atoms with Gasteiger partial charge in [-0.05, 0) is 30.2 Å². The number of hydrogen-bond donors (Lipinski definition) is 1. The highest BCUT2D eigenvalue weighted by molar-refractivity contribution is 5.50. The summed E-state index contributed by atoms with van der Waals surface area (Å²) >= 11 is 0. The first-order valence-electron chi connectivity index (χ1n) is 6.15. The van der Waals surface area contributed by atoms with E-state index in [2.05, 4.69) is 9.97 Å². The van der Waals surface area contributed by atoms with Crippen molar-refractivity contribution >= 4 is 0 Å². The molecule has 0 fully saturated rings. The summed E-state index contributed by atoms with van der Waals surface area (Å²) in [7, 11) is 0. The van der Waals surface area contributed by atoms with E-state index in [0.717, 1.165) is 28.3 Å². The summed E-state index contributed by atoms with van der Waals surface area (Å²) in [5.74, 6) is 1.57. The summed E-state index contributed by atoms with van der Waals surface area (Å²) in [6, 6.07) is 3.97. The fraction of sp³-hybridized carbons (Fsp3) is 0.286. The van der Waals surface area contributed by atoms with E-state index < -0.39 is 0 Å². The lowest BCUT2D eigenvalue weighted by Gasteiger charge is -2.17. The minimum atomic E-state index is 0.0169. The summed E-state index contributed by atoms with van der Waals surface area (Å²) in [6.45, 7) is 2.78. The highest BCUT2D eigenvalue weighted by Crippen LogP contribution is 2.38. The fourth-order valence-corrected chi connectivity index (χ4v) is 2.33. The minimum absolute atomic E-state index is 0.0169. The second-order valence-corrected chi connectivity index (χ2v) is 4.48. The van der Waals surface area contributed by atoms with Gasteiger partial charge in [0.1, 0.15) is 0 Å². The van der Waals surface area contributed by atoms with Crippen molar-refractivity contribution < 1.29 is 9.47 Å². The first kappa shape index (κ1) is 11.9. The Bertz CT molecular complexity index is 587. The van der Waals surface area contributed by atoms with Gasteiger partial charge in [0.15, 0.2) is 11.5 Å². The van der Waals surface area contributed by atoms with E-state index in [1.807, 2.05) is 19.1 Å². The molecule has 3 rings (SSSR count). The molecule has 0 bridgehead atoms. The van der Waals surface area contributed by atoms with Crippen LogP contribution in [0.5, 0.6) is 11.5 Å². The Morgan fingerprint density at radius 3 is 2.74 bits per heavy atom. The molecule has 1 unspecified atom stereocenters. The molecule has 0 aliphatic carbocycles. The van der Waals surface area contributed by atoms with Crippen molar-refractivity contribution in [1.29, 1.82) is 0 Å². The predicted octanol–water partition coefficient (Wildman–Crippen LogP) is 1.60. The first-order chi connectivity index (χ1) is 9.29. The quantitative estimate of drug-likeness (QED) is 0.904. The maximum atomic E-state index is 5.91. The smallest absolute Gasteiger partial charge is 0.231 e. The molecule has 0 amide bonds. The van der Waals surface area contributed by atoms with E-state index in [9.17, 15) is 0 Å². The average Bonchev–Trinajstić information content (AvgIpc) is 2.88. The van der Waals surface area contributed by atoms with E-state index in [0.29, 0.717) is 6.54 Å². The lowest BCUT2D eigenvalue weighted by Crippen LogP contribution is -2.16. The van der Waals surface area contributed by atoms with E-state index in [1.165, 1.54) is 0 Å². The molecular formula is C14H15N3O2. The van der Waals surface area contributed by atoms with E-state index in [1.54, 1.807) is 18.6 Å². The first-order valence-corrected chi connectivity index (χ1v) is 6.15. The van der Waals surface area contributed by atoms with Crippen molar-refractivity contribution in [2.24, 2.45) is 5.73 Å². The molecule has 2 N–H and O–H groups in total. The van der Waals surface area contributed by atoms with Gasteiger partial charge in [-0.1, -0.05) is 0 Å². The van der Waals surface area contributed by atoms with E-state index in [-0.39, 0.29) is 12.7 Å². The second kappa shape index (κ2) is 4.85. The predicted molar refractivity (Wildman–Crippen MR) is 70.2 cm³/mol. The van der Waals surface area contributed by atoms with Gasteiger partial charge in [-0.2, -0.15) is 0 Å². The number of rotatable bonds is 3. The Balaban J connectivity index is 2.05. The number of nitrogens with two attached hydrogens (primary N) is 1. The Hall–Kier alpha value is -2.14. The summed E-state index contributed by atoms with van der Waals surface area (Å²) in [6.07, 6.45) is 5.09. The molecular weight excluding hydrogens is 242 g/mol. The Kier molecular flexibility index (Phi) is 3.05. The summed E-state index contributed by atoms with van der Waals surface area (Å²) < 4.78 is 10.8. The van der Waals surface area contributed by atoms with Gasteiger partial charge in [0, 0.05) is 31.1 Å². The molecule has 2 heterocycles. The molecule has 1 aliphatic rings. The molecule has 1 atom stereocenters. The lowest BCUT2D eigenvalue weighted by molar-refractivity contribution is 0.174. The zero-order valence-corrected chi connectivity index (χ0v) is 10.7. The monoisotopic (exact) mass is 257 g/mol. The van der Waals surface area contributed by atoms with Gasteiger partial charge in [0.25, 0.3) is 0 Å². The van der Waals surface area contributed by atoms with Crippen LogP contribution in [-0.2, 0) is 0 Å². The second-order valence-electron chi connectivity index (χ2n) is 4.48. The highest BCUT2D eigenvalue weighted by Gasteiger charge is 2.21. The Labute approximate surface area is 111 Å². The molecule has 0 saturated heterocycles. The van der Waals surface area contributed by atoms with Gasteiger partial charge in [-0.15, -0.1) is 0 Å². The van der Waals surface area contributed by atoms with Crippen LogP contribution in [-0.4, -0.2) is 23.3 Å². The number of aryl methyl sites for hydroxylation is 1. The third-order valence-corrected chi connectivity index (χ3v) is 3.31. The third kappa shape index (κ3) is 2.13. The topological polar surface area (TPSA) is 70.3 Å². The molecule has 98 valence electrons. The largest absolute Gasteiger partial charge is 0.454 e. The maximum Gasteiger partial charge on any atom is 0.231 e. The van der Waals surface area contributed by atoms with Crippen molar-refractivity contribution in [3.63, 3.8) is 0 Å². The summed E-state index contributed by atoms with van der Waals surface area (Å²) in [4.78, 5) is 8.45. The van der Waals surface area contributed by atoms with Gasteiger partial charge in [-0.25, -0.2) is 0 Å². The fourth-order valence-electron chi connectivity index (χ4n) is 2.33. The number of benzene rings is 1. The van der Waals surface area contributed by atoms with Crippen LogP contribution in [0.4, 0.5) is 0 Å². The molecule has 19 heavy (non-hydrogen) atoms. The Morgan fingerprint density at radius 1 is 1.26 bits per heavy atom. The van der Waals surface area contributed by atoms with Gasteiger partial charge in [0.2, 0.25) is 6.79 Å².